The van der Waals surface area contributed by atoms with Gasteiger partial charge in [0.1, 0.15) is 11.5 Å². The topological polar surface area (TPSA) is 102 Å². The molecular weight excluding hydrogens is 308 g/mol. The van der Waals surface area contributed by atoms with Gasteiger partial charge in [0.2, 0.25) is 11.2 Å². The molecule has 9 heteroatoms. The van der Waals surface area contributed by atoms with Gasteiger partial charge in [-0.2, -0.15) is 15.0 Å². The lowest BCUT2D eigenvalue weighted by Crippen LogP contribution is -2.14. The van der Waals surface area contributed by atoms with E-state index in [-0.39, 0.29) is 11.3 Å². The lowest BCUT2D eigenvalue weighted by Gasteiger charge is -2.09. The van der Waals surface area contributed by atoms with Crippen LogP contribution in [-0.4, -0.2) is 39.2 Å². The molecule has 2 rings (SSSR count). The quantitative estimate of drug-likeness (QED) is 0.891. The standard InChI is InChI=1S/C13H15ClN6O2/c1-7(2)15-12-19-10(18-11(14)20-12)8-5-4-6-9(16-8)17-13(21)22-3/h4-7H,1-3H3,(H,16,17,21)(H,15,18,19,20). The van der Waals surface area contributed by atoms with Crippen molar-refractivity contribution in [1.29, 1.82) is 0 Å². The number of nitrogens with one attached hydrogen (secondary N) is 2. The zero-order chi connectivity index (χ0) is 16.1. The first-order valence-corrected chi connectivity index (χ1v) is 6.86. The highest BCUT2D eigenvalue weighted by Crippen LogP contribution is 2.18. The van der Waals surface area contributed by atoms with Crippen molar-refractivity contribution in [3.8, 4) is 11.5 Å². The van der Waals surface area contributed by atoms with E-state index >= 15 is 0 Å². The van der Waals surface area contributed by atoms with Crippen molar-refractivity contribution in [2.24, 2.45) is 0 Å². The number of halogens is 1. The Morgan fingerprint density at radius 3 is 2.68 bits per heavy atom. The number of amides is 1. The van der Waals surface area contributed by atoms with Crippen LogP contribution in [0.3, 0.4) is 0 Å². The lowest BCUT2D eigenvalue weighted by molar-refractivity contribution is 0.187. The van der Waals surface area contributed by atoms with Crippen molar-refractivity contribution in [2.75, 3.05) is 17.7 Å². The van der Waals surface area contributed by atoms with Crippen LogP contribution in [0.1, 0.15) is 13.8 Å². The molecule has 0 radical (unpaired) electrons. The van der Waals surface area contributed by atoms with Gasteiger partial charge in [0, 0.05) is 6.04 Å². The molecule has 2 aromatic rings. The maximum absolute atomic E-state index is 11.2. The molecule has 0 saturated heterocycles. The summed E-state index contributed by atoms with van der Waals surface area (Å²) < 4.78 is 4.52. The minimum absolute atomic E-state index is 0.0567. The van der Waals surface area contributed by atoms with E-state index in [0.717, 1.165) is 0 Å². The van der Waals surface area contributed by atoms with E-state index in [1.165, 1.54) is 7.11 Å². The van der Waals surface area contributed by atoms with E-state index in [9.17, 15) is 4.79 Å². The summed E-state index contributed by atoms with van der Waals surface area (Å²) in [7, 11) is 1.27. The summed E-state index contributed by atoms with van der Waals surface area (Å²) in [5, 5.41) is 5.58. The smallest absolute Gasteiger partial charge is 0.412 e. The van der Waals surface area contributed by atoms with Gasteiger partial charge in [0.05, 0.1) is 7.11 Å². The van der Waals surface area contributed by atoms with Gasteiger partial charge in [-0.25, -0.2) is 9.78 Å². The molecule has 0 fully saturated rings. The van der Waals surface area contributed by atoms with E-state index in [0.29, 0.717) is 23.3 Å². The molecule has 0 spiro atoms. The minimum atomic E-state index is -0.611. The largest absolute Gasteiger partial charge is 0.453 e. The van der Waals surface area contributed by atoms with Crippen molar-refractivity contribution in [1.82, 2.24) is 19.9 Å². The highest BCUT2D eigenvalue weighted by Gasteiger charge is 2.11. The SMILES string of the molecule is COC(=O)Nc1cccc(-c2nc(Cl)nc(NC(C)C)n2)n1. The Morgan fingerprint density at radius 1 is 1.23 bits per heavy atom. The number of hydrogen-bond acceptors (Lipinski definition) is 7. The summed E-state index contributed by atoms with van der Waals surface area (Å²) in [6, 6.07) is 5.18. The van der Waals surface area contributed by atoms with E-state index in [1.807, 2.05) is 13.8 Å². The van der Waals surface area contributed by atoms with Crippen LogP contribution in [-0.2, 0) is 4.74 Å². The molecule has 0 bridgehead atoms. The predicted octanol–water partition coefficient (Wildman–Crippen LogP) is 2.59. The van der Waals surface area contributed by atoms with Crippen molar-refractivity contribution in [3.05, 3.63) is 23.5 Å². The van der Waals surface area contributed by atoms with Gasteiger partial charge >= 0.3 is 6.09 Å². The number of carbonyl (C=O) groups excluding carboxylic acids is 1. The first kappa shape index (κ1) is 15.9. The number of carbonyl (C=O) groups is 1. The zero-order valence-electron chi connectivity index (χ0n) is 12.3. The van der Waals surface area contributed by atoms with Gasteiger partial charge in [-0.15, -0.1) is 0 Å². The van der Waals surface area contributed by atoms with Crippen LogP contribution in [0.4, 0.5) is 16.6 Å². The molecular formula is C13H15ClN6O2. The maximum atomic E-state index is 11.2. The highest BCUT2D eigenvalue weighted by molar-refractivity contribution is 6.28. The Bertz CT molecular complexity index is 679. The summed E-state index contributed by atoms with van der Waals surface area (Å²) >= 11 is 5.91. The van der Waals surface area contributed by atoms with Gasteiger partial charge in [0.15, 0.2) is 5.82 Å². The van der Waals surface area contributed by atoms with Crippen molar-refractivity contribution in [3.63, 3.8) is 0 Å². The second kappa shape index (κ2) is 6.99. The fourth-order valence-corrected chi connectivity index (χ4v) is 1.73. The molecule has 0 aliphatic carbocycles. The molecule has 8 nitrogen and oxygen atoms in total. The number of hydrogen-bond donors (Lipinski definition) is 2. The molecule has 116 valence electrons. The molecule has 0 aromatic carbocycles. The van der Waals surface area contributed by atoms with Gasteiger partial charge < -0.3 is 10.1 Å². The average Bonchev–Trinajstić information content (AvgIpc) is 2.46. The molecule has 2 N–H and O–H groups in total. The maximum Gasteiger partial charge on any atom is 0.412 e. The van der Waals surface area contributed by atoms with Crippen LogP contribution in [0.2, 0.25) is 5.28 Å². The number of aromatic nitrogens is 4. The van der Waals surface area contributed by atoms with E-state index in [1.54, 1.807) is 18.2 Å². The summed E-state index contributed by atoms with van der Waals surface area (Å²) in [5.41, 5.74) is 0.449. The molecule has 0 aliphatic rings. The van der Waals surface area contributed by atoms with E-state index < -0.39 is 6.09 Å². The van der Waals surface area contributed by atoms with Crippen molar-refractivity contribution in [2.45, 2.75) is 19.9 Å². The first-order valence-electron chi connectivity index (χ1n) is 6.48. The fourth-order valence-electron chi connectivity index (χ4n) is 1.57. The average molecular weight is 323 g/mol. The van der Waals surface area contributed by atoms with E-state index in [4.69, 9.17) is 11.6 Å². The van der Waals surface area contributed by atoms with Gasteiger partial charge in [0.25, 0.3) is 0 Å². The summed E-state index contributed by atoms with van der Waals surface area (Å²) in [6.45, 7) is 3.91. The minimum Gasteiger partial charge on any atom is -0.453 e. The molecule has 0 aliphatic heterocycles. The van der Waals surface area contributed by atoms with Gasteiger partial charge in [-0.1, -0.05) is 6.07 Å². The summed E-state index contributed by atoms with van der Waals surface area (Å²) in [4.78, 5) is 27.8. The molecule has 0 unspecified atom stereocenters. The third kappa shape index (κ3) is 4.26. The zero-order valence-corrected chi connectivity index (χ0v) is 13.0. The predicted molar refractivity (Wildman–Crippen MR) is 82.9 cm³/mol. The number of rotatable bonds is 4. The second-order valence-electron chi connectivity index (χ2n) is 4.58. The van der Waals surface area contributed by atoms with Gasteiger partial charge in [-0.3, -0.25) is 5.32 Å². The van der Waals surface area contributed by atoms with Crippen LogP contribution >= 0.6 is 11.6 Å². The Labute approximate surface area is 132 Å². The van der Waals surface area contributed by atoms with E-state index in [2.05, 4.69) is 35.3 Å². The van der Waals surface area contributed by atoms with Crippen LogP contribution in [0.15, 0.2) is 18.2 Å². The molecule has 2 heterocycles. The van der Waals surface area contributed by atoms with Gasteiger partial charge in [-0.05, 0) is 37.6 Å². The number of anilines is 2. The van der Waals surface area contributed by atoms with Crippen LogP contribution in [0.5, 0.6) is 0 Å². The Kier molecular flexibility index (Phi) is 5.05. The fraction of sp³-hybridized carbons (Fsp3) is 0.308. The Hall–Kier alpha value is -2.48. The van der Waals surface area contributed by atoms with Crippen molar-refractivity contribution < 1.29 is 9.53 Å². The summed E-state index contributed by atoms with van der Waals surface area (Å²) in [6.07, 6.45) is -0.611. The molecule has 22 heavy (non-hydrogen) atoms. The van der Waals surface area contributed by atoms with Crippen molar-refractivity contribution >= 4 is 29.5 Å². The molecule has 2 aromatic heterocycles. The normalized spacial score (nSPS) is 10.4. The third-order valence-electron chi connectivity index (χ3n) is 2.42. The number of pyridine rings is 1. The first-order chi connectivity index (χ1) is 10.5. The second-order valence-corrected chi connectivity index (χ2v) is 4.91. The Balaban J connectivity index is 2.33. The van der Waals surface area contributed by atoms with Crippen LogP contribution in [0.25, 0.3) is 11.5 Å². The number of ether oxygens (including phenoxy) is 1. The molecule has 0 saturated carbocycles. The molecule has 1 amide bonds. The molecule has 0 atom stereocenters. The highest BCUT2D eigenvalue weighted by atomic mass is 35.5. The number of methoxy groups -OCH3 is 1. The van der Waals surface area contributed by atoms with Crippen LogP contribution < -0.4 is 10.6 Å². The monoisotopic (exact) mass is 322 g/mol. The summed E-state index contributed by atoms with van der Waals surface area (Å²) in [5.74, 6) is 0.981. The Morgan fingerprint density at radius 2 is 2.00 bits per heavy atom. The van der Waals surface area contributed by atoms with Crippen LogP contribution in [0, 0.1) is 0 Å². The lowest BCUT2D eigenvalue weighted by atomic mass is 10.3. The number of nitrogens with zero attached hydrogens (tertiary/aromatic N) is 4. The third-order valence-corrected chi connectivity index (χ3v) is 2.59.